The molecule has 6 nitrogen and oxygen atoms in total. The zero-order chi connectivity index (χ0) is 30.1. The third-order valence-corrected chi connectivity index (χ3v) is 7.82. The molecule has 3 aromatic carbocycles. The second-order valence-corrected chi connectivity index (χ2v) is 10.3. The number of hydrogen-bond donors (Lipinski definition) is 1. The van der Waals surface area contributed by atoms with Crippen LogP contribution in [0.1, 0.15) is 55.1 Å². The maximum atomic E-state index is 15.3. The van der Waals surface area contributed by atoms with Crippen LogP contribution in [0.15, 0.2) is 66.7 Å². The molecule has 1 unspecified atom stereocenters. The van der Waals surface area contributed by atoms with E-state index in [0.29, 0.717) is 18.6 Å². The van der Waals surface area contributed by atoms with Gasteiger partial charge in [-0.15, -0.1) is 0 Å². The van der Waals surface area contributed by atoms with Crippen molar-refractivity contribution >= 4 is 16.9 Å². The Morgan fingerprint density at radius 2 is 1.60 bits per heavy atom. The van der Waals surface area contributed by atoms with Crippen LogP contribution in [0.3, 0.4) is 0 Å². The van der Waals surface area contributed by atoms with Crippen LogP contribution in [0.5, 0.6) is 5.75 Å². The molecule has 1 amide bonds. The largest absolute Gasteiger partial charge is 0.497 e. The normalized spacial score (nSPS) is 16.6. The minimum atomic E-state index is -5.11. The molecule has 11 heteroatoms. The number of amides is 1. The van der Waals surface area contributed by atoms with Crippen molar-refractivity contribution in [3.63, 3.8) is 0 Å². The summed E-state index contributed by atoms with van der Waals surface area (Å²) < 4.78 is 86.6. The fourth-order valence-corrected chi connectivity index (χ4v) is 5.75. The number of benzene rings is 3. The van der Waals surface area contributed by atoms with Crippen LogP contribution in [0.25, 0.3) is 11.0 Å². The Kier molecular flexibility index (Phi) is 8.23. The van der Waals surface area contributed by atoms with Crippen LogP contribution in [0, 0.1) is 11.6 Å². The van der Waals surface area contributed by atoms with Crippen molar-refractivity contribution < 1.29 is 36.2 Å². The molecule has 2 atom stereocenters. The van der Waals surface area contributed by atoms with E-state index in [-0.39, 0.29) is 28.2 Å². The van der Waals surface area contributed by atoms with E-state index in [0.717, 1.165) is 43.1 Å². The second-order valence-electron chi connectivity index (χ2n) is 10.3. The summed E-state index contributed by atoms with van der Waals surface area (Å²) in [6.07, 6.45) is -0.856. The van der Waals surface area contributed by atoms with Crippen molar-refractivity contribution in [3.05, 3.63) is 95.3 Å². The number of imidazole rings is 1. The van der Waals surface area contributed by atoms with Crippen molar-refractivity contribution in [1.29, 1.82) is 0 Å². The van der Waals surface area contributed by atoms with Crippen molar-refractivity contribution in [3.8, 4) is 5.75 Å². The molecule has 1 aliphatic rings. The van der Waals surface area contributed by atoms with Gasteiger partial charge >= 0.3 is 6.18 Å². The van der Waals surface area contributed by atoms with Crippen LogP contribution in [-0.2, 0) is 15.1 Å². The lowest BCUT2D eigenvalue weighted by Crippen LogP contribution is -2.49. The van der Waals surface area contributed by atoms with Crippen LogP contribution in [0.4, 0.5) is 22.0 Å². The topological polar surface area (TPSA) is 65.4 Å². The van der Waals surface area contributed by atoms with E-state index < -0.39 is 41.2 Å². The maximum Gasteiger partial charge on any atom is 0.429 e. The van der Waals surface area contributed by atoms with Crippen molar-refractivity contribution in [1.82, 2.24) is 14.9 Å². The number of carbonyl (C=O) groups is 1. The highest BCUT2D eigenvalue weighted by Gasteiger charge is 2.61. The van der Waals surface area contributed by atoms with Gasteiger partial charge in [-0.1, -0.05) is 61.7 Å². The number of rotatable bonds is 8. The van der Waals surface area contributed by atoms with Gasteiger partial charge < -0.3 is 19.4 Å². The quantitative estimate of drug-likeness (QED) is 0.230. The summed E-state index contributed by atoms with van der Waals surface area (Å²) in [6, 6.07) is 12.9. The summed E-state index contributed by atoms with van der Waals surface area (Å²) in [7, 11) is 2.34. The van der Waals surface area contributed by atoms with Crippen LogP contribution < -0.4 is 10.1 Å². The number of carbonyl (C=O) groups excluding carboxylic acids is 1. The zero-order valence-electron chi connectivity index (χ0n) is 23.1. The van der Waals surface area contributed by atoms with Gasteiger partial charge in [0.05, 0.1) is 18.1 Å². The molecule has 222 valence electrons. The number of aromatic nitrogens is 2. The van der Waals surface area contributed by atoms with Crippen LogP contribution >= 0.6 is 0 Å². The summed E-state index contributed by atoms with van der Waals surface area (Å²) >= 11 is 0. The van der Waals surface area contributed by atoms with E-state index in [9.17, 15) is 13.6 Å². The van der Waals surface area contributed by atoms with Crippen LogP contribution in [-0.4, -0.2) is 41.9 Å². The lowest BCUT2D eigenvalue weighted by molar-refractivity contribution is -0.262. The van der Waals surface area contributed by atoms with E-state index in [1.165, 1.54) is 31.4 Å². The summed E-state index contributed by atoms with van der Waals surface area (Å²) in [6.45, 7) is 0. The third kappa shape index (κ3) is 5.21. The van der Waals surface area contributed by atoms with Gasteiger partial charge in [-0.2, -0.15) is 13.2 Å². The Labute approximate surface area is 239 Å². The first-order valence-corrected chi connectivity index (χ1v) is 13.6. The summed E-state index contributed by atoms with van der Waals surface area (Å²) in [5.74, 6) is -3.49. The second kappa shape index (κ2) is 11.7. The van der Waals surface area contributed by atoms with E-state index in [1.807, 2.05) is 0 Å². The number of methoxy groups -OCH3 is 2. The number of nitrogens with zero attached hydrogens (tertiary/aromatic N) is 2. The van der Waals surface area contributed by atoms with Crippen LogP contribution in [0.2, 0.25) is 0 Å². The minimum Gasteiger partial charge on any atom is -0.497 e. The molecule has 4 aromatic rings. The van der Waals surface area contributed by atoms with Crippen molar-refractivity contribution in [2.75, 3.05) is 14.2 Å². The molecule has 1 aliphatic carbocycles. The molecule has 0 bridgehead atoms. The monoisotopic (exact) mass is 587 g/mol. The van der Waals surface area contributed by atoms with Gasteiger partial charge in [-0.25, -0.2) is 13.8 Å². The molecule has 0 saturated heterocycles. The van der Waals surface area contributed by atoms with Crippen molar-refractivity contribution in [2.45, 2.75) is 56.0 Å². The Morgan fingerprint density at radius 1 is 0.952 bits per heavy atom. The van der Waals surface area contributed by atoms with Gasteiger partial charge in [0, 0.05) is 30.8 Å². The van der Waals surface area contributed by atoms with Crippen molar-refractivity contribution in [2.24, 2.45) is 0 Å². The number of nitrogens with one attached hydrogen (secondary N) is 1. The zero-order valence-corrected chi connectivity index (χ0v) is 23.1. The SMILES string of the molecule is COc1ccc(C(C(=O)NC2CCCCC2)n2c([C@@](OC)(c3ccccc3)C(F)(F)F)nc3cc(F)c(F)cc32)cc1. The number of fused-ring (bicyclic) bond motifs is 1. The van der Waals surface area contributed by atoms with Gasteiger partial charge in [0.2, 0.25) is 11.5 Å². The first-order valence-electron chi connectivity index (χ1n) is 13.6. The number of halogens is 5. The molecule has 5 rings (SSSR count). The van der Waals surface area contributed by atoms with Gasteiger partial charge in [-0.05, 0) is 30.5 Å². The van der Waals surface area contributed by atoms with Gasteiger partial charge in [0.15, 0.2) is 17.5 Å². The van der Waals surface area contributed by atoms with E-state index in [2.05, 4.69) is 10.3 Å². The third-order valence-electron chi connectivity index (χ3n) is 7.82. The predicted octanol–water partition coefficient (Wildman–Crippen LogP) is 6.81. The van der Waals surface area contributed by atoms with Gasteiger partial charge in [-0.3, -0.25) is 4.79 Å². The first-order chi connectivity index (χ1) is 20.1. The Hall–Kier alpha value is -3.99. The molecular weight excluding hydrogens is 557 g/mol. The number of hydrogen-bond acceptors (Lipinski definition) is 4. The first kappa shape index (κ1) is 29.5. The Morgan fingerprint density at radius 3 is 2.19 bits per heavy atom. The molecule has 0 radical (unpaired) electrons. The van der Waals surface area contributed by atoms with E-state index in [1.54, 1.807) is 30.3 Å². The number of alkyl halides is 3. The fourth-order valence-electron chi connectivity index (χ4n) is 5.75. The lowest BCUT2D eigenvalue weighted by Gasteiger charge is -2.36. The van der Waals surface area contributed by atoms with E-state index >= 15 is 13.2 Å². The molecular formula is C31H30F5N3O3. The predicted molar refractivity (Wildman–Crippen MR) is 146 cm³/mol. The molecule has 1 saturated carbocycles. The molecule has 1 heterocycles. The molecule has 1 aromatic heterocycles. The van der Waals surface area contributed by atoms with Gasteiger partial charge in [0.1, 0.15) is 11.8 Å². The standard InChI is InChI=1S/C31H30F5N3O3/c1-41-22-15-13-19(14-16-22)27(28(40)37-21-11-7-4-8-12-21)39-26-18-24(33)23(32)17-25(26)38-29(39)30(42-2,31(34,35)36)20-9-5-3-6-10-20/h3,5-6,9-10,13-18,21,27H,4,7-8,11-12H2,1-2H3,(H,37,40)/t27?,30-/m0/s1. The fraction of sp³-hybridized carbons (Fsp3) is 0.355. The van der Waals surface area contributed by atoms with E-state index in [4.69, 9.17) is 9.47 Å². The maximum absolute atomic E-state index is 15.3. The Balaban J connectivity index is 1.84. The lowest BCUT2D eigenvalue weighted by atomic mass is 9.90. The summed E-state index contributed by atoms with van der Waals surface area (Å²) in [5.41, 5.74) is -3.70. The molecule has 1 N–H and O–H groups in total. The highest BCUT2D eigenvalue weighted by atomic mass is 19.4. The smallest absolute Gasteiger partial charge is 0.429 e. The summed E-state index contributed by atoms with van der Waals surface area (Å²) in [4.78, 5) is 18.3. The molecule has 1 fully saturated rings. The average molecular weight is 588 g/mol. The minimum absolute atomic E-state index is 0.191. The average Bonchev–Trinajstić information content (AvgIpc) is 3.32. The Bertz CT molecular complexity index is 1550. The van der Waals surface area contributed by atoms with Gasteiger partial charge in [0.25, 0.3) is 0 Å². The molecule has 0 spiro atoms. The highest BCUT2D eigenvalue weighted by molar-refractivity contribution is 5.87. The highest BCUT2D eigenvalue weighted by Crippen LogP contribution is 2.48. The molecule has 42 heavy (non-hydrogen) atoms. The molecule has 0 aliphatic heterocycles. The number of ether oxygens (including phenoxy) is 2. The summed E-state index contributed by atoms with van der Waals surface area (Å²) in [5, 5.41) is 2.99.